The molecule has 0 radical (unpaired) electrons. The Bertz CT molecular complexity index is 1390. The number of hydrogen-bond acceptors (Lipinski definition) is 5. The van der Waals surface area contributed by atoms with E-state index < -0.39 is 11.7 Å². The summed E-state index contributed by atoms with van der Waals surface area (Å²) < 4.78 is 46.4. The van der Waals surface area contributed by atoms with Crippen LogP contribution < -0.4 is 10.3 Å². The van der Waals surface area contributed by atoms with Crippen LogP contribution in [0.5, 0.6) is 11.5 Å². The lowest BCUT2D eigenvalue weighted by atomic mass is 10.1. The number of H-pyrrole nitrogens is 1. The van der Waals surface area contributed by atoms with E-state index in [1.54, 1.807) is 29.2 Å². The maximum absolute atomic E-state index is 13.1. The summed E-state index contributed by atoms with van der Waals surface area (Å²) in [4.78, 5) is 19.6. The van der Waals surface area contributed by atoms with E-state index >= 15 is 0 Å². The number of thioether (sulfide) groups is 1. The molecule has 4 aromatic rings. The number of aryl methyl sites for hydroxylation is 1. The normalized spacial score (nSPS) is 12.5. The summed E-state index contributed by atoms with van der Waals surface area (Å²) in [5.74, 6) is 0.415. The van der Waals surface area contributed by atoms with Gasteiger partial charge in [-0.3, -0.25) is 9.48 Å². The van der Waals surface area contributed by atoms with Crippen molar-refractivity contribution in [3.8, 4) is 11.5 Å². The second kappa shape index (κ2) is 10.2. The number of aromatic nitrogens is 4. The van der Waals surface area contributed by atoms with E-state index in [1.807, 2.05) is 32.3 Å². The van der Waals surface area contributed by atoms with Gasteiger partial charge in [0.15, 0.2) is 5.16 Å². The van der Waals surface area contributed by atoms with Gasteiger partial charge in [-0.25, -0.2) is 4.98 Å². The molecule has 0 aliphatic rings. The molecule has 0 aliphatic carbocycles. The number of aromatic amines is 1. The standard InChI is InChI=1S/C24H20ClF3N4O2S/c1-14(35-23-29-12-17(22(33)31-23)9-15-11-30-32(2)13-15)16-3-5-18(6-4-16)34-19-7-8-21(25)20(10-19)24(26,27)28/h3-8,10-14H,9H2,1-2H3,(H,29,31,33). The van der Waals surface area contributed by atoms with Gasteiger partial charge in [-0.1, -0.05) is 35.5 Å². The van der Waals surface area contributed by atoms with Crippen LogP contribution in [-0.2, 0) is 19.6 Å². The summed E-state index contributed by atoms with van der Waals surface area (Å²) in [6, 6.07) is 10.4. The van der Waals surface area contributed by atoms with Gasteiger partial charge in [-0.2, -0.15) is 18.3 Å². The Morgan fingerprint density at radius 2 is 1.86 bits per heavy atom. The second-order valence-electron chi connectivity index (χ2n) is 7.81. The summed E-state index contributed by atoms with van der Waals surface area (Å²) in [6.07, 6.45) is 0.994. The predicted octanol–water partition coefficient (Wildman–Crippen LogP) is 6.41. The molecular weight excluding hydrogens is 501 g/mol. The maximum Gasteiger partial charge on any atom is 0.417 e. The van der Waals surface area contributed by atoms with Crippen LogP contribution in [0.1, 0.15) is 34.4 Å². The molecule has 2 aromatic heterocycles. The van der Waals surface area contributed by atoms with Crippen molar-refractivity contribution in [2.24, 2.45) is 7.05 Å². The van der Waals surface area contributed by atoms with Gasteiger partial charge < -0.3 is 9.72 Å². The van der Waals surface area contributed by atoms with Crippen molar-refractivity contribution in [3.63, 3.8) is 0 Å². The molecule has 2 heterocycles. The van der Waals surface area contributed by atoms with E-state index in [2.05, 4.69) is 15.1 Å². The monoisotopic (exact) mass is 520 g/mol. The average Bonchev–Trinajstić information content (AvgIpc) is 3.21. The van der Waals surface area contributed by atoms with E-state index in [0.717, 1.165) is 23.3 Å². The Balaban J connectivity index is 1.41. The van der Waals surface area contributed by atoms with E-state index in [9.17, 15) is 18.0 Å². The Morgan fingerprint density at radius 3 is 2.49 bits per heavy atom. The van der Waals surface area contributed by atoms with Gasteiger partial charge >= 0.3 is 6.18 Å². The smallest absolute Gasteiger partial charge is 0.417 e. The summed E-state index contributed by atoms with van der Waals surface area (Å²) >= 11 is 7.04. The number of ether oxygens (including phenoxy) is 1. The van der Waals surface area contributed by atoms with Crippen molar-refractivity contribution in [2.45, 2.75) is 29.9 Å². The molecule has 35 heavy (non-hydrogen) atoms. The van der Waals surface area contributed by atoms with Crippen LogP contribution in [0.4, 0.5) is 13.2 Å². The predicted molar refractivity (Wildman–Crippen MR) is 128 cm³/mol. The zero-order chi connectivity index (χ0) is 25.2. The molecule has 1 N–H and O–H groups in total. The number of hydrogen-bond donors (Lipinski definition) is 1. The van der Waals surface area contributed by atoms with Crippen LogP contribution in [0.2, 0.25) is 5.02 Å². The summed E-state index contributed by atoms with van der Waals surface area (Å²) in [5.41, 5.74) is 1.24. The van der Waals surface area contributed by atoms with Crippen LogP contribution in [0.25, 0.3) is 0 Å². The molecule has 0 saturated heterocycles. The molecule has 0 amide bonds. The largest absolute Gasteiger partial charge is 0.457 e. The first kappa shape index (κ1) is 24.9. The average molecular weight is 521 g/mol. The Morgan fingerprint density at radius 1 is 1.14 bits per heavy atom. The highest BCUT2D eigenvalue weighted by Gasteiger charge is 2.33. The summed E-state index contributed by atoms with van der Waals surface area (Å²) in [6.45, 7) is 1.96. The maximum atomic E-state index is 13.1. The van der Waals surface area contributed by atoms with Gasteiger partial charge in [0.2, 0.25) is 0 Å². The molecule has 11 heteroatoms. The third-order valence-electron chi connectivity index (χ3n) is 5.12. The molecule has 1 unspecified atom stereocenters. The summed E-state index contributed by atoms with van der Waals surface area (Å²) in [7, 11) is 1.81. The molecule has 0 fully saturated rings. The van der Waals surface area contributed by atoms with E-state index in [1.165, 1.54) is 17.8 Å². The van der Waals surface area contributed by atoms with Crippen molar-refractivity contribution >= 4 is 23.4 Å². The fourth-order valence-corrected chi connectivity index (χ4v) is 4.46. The zero-order valence-electron chi connectivity index (χ0n) is 18.6. The third kappa shape index (κ3) is 6.26. The van der Waals surface area contributed by atoms with E-state index in [-0.39, 0.29) is 21.6 Å². The van der Waals surface area contributed by atoms with Gasteiger partial charge in [0, 0.05) is 36.7 Å². The molecular formula is C24H20ClF3N4O2S. The van der Waals surface area contributed by atoms with Gasteiger partial charge in [0.05, 0.1) is 16.8 Å². The lowest BCUT2D eigenvalue weighted by Gasteiger charge is -2.14. The number of halogens is 4. The van der Waals surface area contributed by atoms with Crippen molar-refractivity contribution in [1.82, 2.24) is 19.7 Å². The van der Waals surface area contributed by atoms with Crippen LogP contribution in [0, 0.1) is 0 Å². The molecule has 6 nitrogen and oxygen atoms in total. The second-order valence-corrected chi connectivity index (χ2v) is 9.55. The Kier molecular flexibility index (Phi) is 7.23. The lowest BCUT2D eigenvalue weighted by molar-refractivity contribution is -0.137. The highest BCUT2D eigenvalue weighted by Crippen LogP contribution is 2.38. The molecule has 182 valence electrons. The minimum absolute atomic E-state index is 0.0325. The molecule has 1 atom stereocenters. The fourth-order valence-electron chi connectivity index (χ4n) is 3.34. The fraction of sp³-hybridized carbons (Fsp3) is 0.208. The highest BCUT2D eigenvalue weighted by molar-refractivity contribution is 7.99. The zero-order valence-corrected chi connectivity index (χ0v) is 20.2. The van der Waals surface area contributed by atoms with Crippen LogP contribution in [0.15, 0.2) is 71.0 Å². The molecule has 0 aliphatic heterocycles. The lowest BCUT2D eigenvalue weighted by Crippen LogP contribution is -2.14. The minimum atomic E-state index is -4.57. The van der Waals surface area contributed by atoms with Crippen LogP contribution in [0.3, 0.4) is 0 Å². The molecule has 2 aromatic carbocycles. The number of rotatable bonds is 7. The quantitative estimate of drug-likeness (QED) is 0.225. The first-order chi connectivity index (χ1) is 16.6. The molecule has 0 bridgehead atoms. The Hall–Kier alpha value is -3.24. The number of nitrogens with one attached hydrogen (secondary N) is 1. The summed E-state index contributed by atoms with van der Waals surface area (Å²) in [5, 5.41) is 4.15. The Labute approximate surface area is 208 Å². The van der Waals surface area contributed by atoms with Crippen molar-refractivity contribution in [3.05, 3.63) is 98.7 Å². The molecule has 0 saturated carbocycles. The van der Waals surface area contributed by atoms with Crippen LogP contribution in [-0.4, -0.2) is 19.7 Å². The van der Waals surface area contributed by atoms with Gasteiger partial charge in [-0.15, -0.1) is 0 Å². The van der Waals surface area contributed by atoms with Gasteiger partial charge in [0.25, 0.3) is 5.56 Å². The van der Waals surface area contributed by atoms with Crippen molar-refractivity contribution in [1.29, 1.82) is 0 Å². The van der Waals surface area contributed by atoms with Gasteiger partial charge in [0.1, 0.15) is 11.5 Å². The molecule has 4 rings (SSSR count). The van der Waals surface area contributed by atoms with Crippen molar-refractivity contribution in [2.75, 3.05) is 0 Å². The van der Waals surface area contributed by atoms with E-state index in [4.69, 9.17) is 16.3 Å². The van der Waals surface area contributed by atoms with Gasteiger partial charge in [-0.05, 0) is 48.4 Å². The van der Waals surface area contributed by atoms with Crippen LogP contribution >= 0.6 is 23.4 Å². The minimum Gasteiger partial charge on any atom is -0.457 e. The SMILES string of the molecule is CC(Sc1ncc(Cc2cnn(C)c2)c(=O)[nH]1)c1ccc(Oc2ccc(Cl)c(C(F)(F)F)c2)cc1. The topological polar surface area (TPSA) is 72.8 Å². The first-order valence-electron chi connectivity index (χ1n) is 10.5. The highest BCUT2D eigenvalue weighted by atomic mass is 35.5. The van der Waals surface area contributed by atoms with Crippen molar-refractivity contribution < 1.29 is 17.9 Å². The number of alkyl halides is 3. The number of benzene rings is 2. The number of nitrogens with zero attached hydrogens (tertiary/aromatic N) is 3. The molecule has 0 spiro atoms. The first-order valence-corrected chi connectivity index (χ1v) is 11.7. The third-order valence-corrected chi connectivity index (χ3v) is 6.51. The van der Waals surface area contributed by atoms with E-state index in [0.29, 0.717) is 22.9 Å².